The van der Waals surface area contributed by atoms with Crippen LogP contribution in [0.1, 0.15) is 28.5 Å². The molecule has 2 aromatic carbocycles. The Morgan fingerprint density at radius 1 is 0.977 bits per heavy atom. The molecule has 0 spiro atoms. The topological polar surface area (TPSA) is 88.6 Å². The molecule has 1 N–H and O–H groups in total. The van der Waals surface area contributed by atoms with Gasteiger partial charge in [-0.3, -0.25) is 14.5 Å². The van der Waals surface area contributed by atoms with E-state index in [1.54, 1.807) is 29.7 Å². The first-order valence-electron chi connectivity index (χ1n) is 13.9. The van der Waals surface area contributed by atoms with Gasteiger partial charge >= 0.3 is 5.97 Å². The molecular weight excluding hydrogens is 599 g/mol. The second-order valence-electron chi connectivity index (χ2n) is 10.0. The molecule has 2 aliphatic heterocycles. The molecule has 43 heavy (non-hydrogen) atoms. The van der Waals surface area contributed by atoms with Crippen LogP contribution in [0, 0.1) is 0 Å². The van der Waals surface area contributed by atoms with Gasteiger partial charge in [0, 0.05) is 22.6 Å². The fourth-order valence-electron chi connectivity index (χ4n) is 5.12. The number of amides is 2. The van der Waals surface area contributed by atoms with Crippen LogP contribution in [-0.2, 0) is 25.5 Å². The van der Waals surface area contributed by atoms with Crippen molar-refractivity contribution in [3.05, 3.63) is 130 Å². The molecule has 218 valence electrons. The van der Waals surface area contributed by atoms with Gasteiger partial charge in [-0.15, -0.1) is 34.9 Å². The molecule has 0 bridgehead atoms. The van der Waals surface area contributed by atoms with Crippen LogP contribution in [0.4, 0.5) is 0 Å². The number of hydrogen-bond donors (Lipinski definition) is 1. The molecule has 2 aliphatic rings. The molecule has 0 radical (unpaired) electrons. The number of hydrogen-bond acceptors (Lipinski definition) is 8. The number of carbonyl (C=O) groups excluding carboxylic acids is 3. The second-order valence-corrected chi connectivity index (χ2v) is 13.3. The SMILES string of the molecule is O=C(Cc1cccs1)N[C@@H]1C(=O)N2C(C(=O)OC(c3ccccc3)c3ccccc3)=C(CCSc3ccccn3)CS[C@H]12. The lowest BCUT2D eigenvalue weighted by Gasteiger charge is -2.50. The van der Waals surface area contributed by atoms with Gasteiger partial charge in [-0.25, -0.2) is 9.78 Å². The zero-order chi connectivity index (χ0) is 29.6. The maximum absolute atomic E-state index is 14.1. The standard InChI is InChI=1S/C33H29N3O4S3/c37-26(20-25-14-9-18-41-25)35-28-31(38)36-29(24(21-43-32(28)36)16-19-42-27-15-7-8-17-34-27)33(39)40-30(22-10-3-1-4-11-22)23-12-5-2-6-13-23/h1-15,17-18,28,30,32H,16,19-21H2,(H,35,37)/t28-,32-/m1/s1. The molecule has 1 saturated heterocycles. The van der Waals surface area contributed by atoms with Gasteiger partial charge in [-0.05, 0) is 46.7 Å². The quantitative estimate of drug-likeness (QED) is 0.127. The molecule has 7 nitrogen and oxygen atoms in total. The predicted molar refractivity (Wildman–Crippen MR) is 170 cm³/mol. The third kappa shape index (κ3) is 6.71. The summed E-state index contributed by atoms with van der Waals surface area (Å²) >= 11 is 4.67. The molecular formula is C33H29N3O4S3. The lowest BCUT2D eigenvalue weighted by atomic mass is 10.00. The van der Waals surface area contributed by atoms with Crippen LogP contribution in [-0.4, -0.2) is 50.6 Å². The number of ether oxygens (including phenoxy) is 1. The Kier molecular flexibility index (Phi) is 9.26. The summed E-state index contributed by atoms with van der Waals surface area (Å²) in [5.74, 6) is 0.199. The van der Waals surface area contributed by atoms with E-state index in [2.05, 4.69) is 10.3 Å². The van der Waals surface area contributed by atoms with Crippen LogP contribution >= 0.6 is 34.9 Å². The van der Waals surface area contributed by atoms with Gasteiger partial charge in [-0.1, -0.05) is 72.8 Å². The summed E-state index contributed by atoms with van der Waals surface area (Å²) in [6.45, 7) is 0. The third-order valence-corrected chi connectivity index (χ3v) is 10.4. The molecule has 1 fully saturated rings. The zero-order valence-electron chi connectivity index (χ0n) is 23.1. The molecule has 6 rings (SSSR count). The van der Waals surface area contributed by atoms with Crippen LogP contribution in [0.2, 0.25) is 0 Å². The Hall–Kier alpha value is -3.86. The summed E-state index contributed by atoms with van der Waals surface area (Å²) in [6.07, 6.45) is 1.92. The first-order valence-corrected chi connectivity index (χ1v) is 16.8. The van der Waals surface area contributed by atoms with Crippen molar-refractivity contribution in [1.82, 2.24) is 15.2 Å². The highest BCUT2D eigenvalue weighted by atomic mass is 32.2. The highest BCUT2D eigenvalue weighted by Crippen LogP contribution is 2.43. The number of nitrogens with one attached hydrogen (secondary N) is 1. The number of nitrogens with zero attached hydrogens (tertiary/aromatic N) is 2. The highest BCUT2D eigenvalue weighted by Gasteiger charge is 2.54. The summed E-state index contributed by atoms with van der Waals surface area (Å²) in [5.41, 5.74) is 2.82. The van der Waals surface area contributed by atoms with Gasteiger partial charge in [0.1, 0.15) is 17.1 Å². The normalized spacial score (nSPS) is 17.8. The van der Waals surface area contributed by atoms with E-state index >= 15 is 0 Å². The first-order chi connectivity index (χ1) is 21.1. The zero-order valence-corrected chi connectivity index (χ0v) is 25.6. The molecule has 0 aliphatic carbocycles. The van der Waals surface area contributed by atoms with Crippen LogP contribution < -0.4 is 5.32 Å². The average Bonchev–Trinajstić information content (AvgIpc) is 3.56. The number of benzene rings is 2. The number of esters is 1. The van der Waals surface area contributed by atoms with Crippen molar-refractivity contribution in [3.63, 3.8) is 0 Å². The molecule has 0 unspecified atom stereocenters. The molecule has 4 aromatic rings. The Balaban J connectivity index is 1.25. The van der Waals surface area contributed by atoms with E-state index in [4.69, 9.17) is 4.74 Å². The van der Waals surface area contributed by atoms with Crippen LogP contribution in [0.15, 0.2) is 119 Å². The Morgan fingerprint density at radius 2 is 1.70 bits per heavy atom. The molecule has 4 heterocycles. The fraction of sp³-hybridized carbons (Fsp3) is 0.212. The Labute approximate surface area is 262 Å². The van der Waals surface area contributed by atoms with Crippen molar-refractivity contribution in [3.8, 4) is 0 Å². The van der Waals surface area contributed by atoms with Gasteiger partial charge in [0.2, 0.25) is 5.91 Å². The summed E-state index contributed by atoms with van der Waals surface area (Å²) in [7, 11) is 0. The van der Waals surface area contributed by atoms with Crippen molar-refractivity contribution in [2.75, 3.05) is 11.5 Å². The maximum Gasteiger partial charge on any atom is 0.356 e. The Bertz CT molecular complexity index is 1560. The van der Waals surface area contributed by atoms with E-state index in [0.29, 0.717) is 17.9 Å². The number of thiophene rings is 1. The van der Waals surface area contributed by atoms with Gasteiger partial charge in [0.15, 0.2) is 6.10 Å². The van der Waals surface area contributed by atoms with E-state index in [1.165, 1.54) is 16.2 Å². The summed E-state index contributed by atoms with van der Waals surface area (Å²) in [6, 6.07) is 28.1. The number of thioether (sulfide) groups is 2. The minimum atomic E-state index is -0.691. The smallest absolute Gasteiger partial charge is 0.356 e. The minimum absolute atomic E-state index is 0.208. The number of pyridine rings is 1. The number of carbonyl (C=O) groups is 3. The number of aromatic nitrogens is 1. The van der Waals surface area contributed by atoms with E-state index < -0.39 is 18.1 Å². The molecule has 2 amide bonds. The van der Waals surface area contributed by atoms with E-state index in [1.807, 2.05) is 96.4 Å². The monoisotopic (exact) mass is 627 g/mol. The van der Waals surface area contributed by atoms with Gasteiger partial charge in [0.05, 0.1) is 11.4 Å². The van der Waals surface area contributed by atoms with Crippen molar-refractivity contribution >= 4 is 52.6 Å². The summed E-state index contributed by atoms with van der Waals surface area (Å²) in [5, 5.41) is 5.35. The third-order valence-electron chi connectivity index (χ3n) is 7.19. The lowest BCUT2D eigenvalue weighted by Crippen LogP contribution is -2.70. The summed E-state index contributed by atoms with van der Waals surface area (Å²) < 4.78 is 6.24. The van der Waals surface area contributed by atoms with Crippen LogP contribution in [0.25, 0.3) is 0 Å². The maximum atomic E-state index is 14.1. The van der Waals surface area contributed by atoms with Crippen LogP contribution in [0.5, 0.6) is 0 Å². The van der Waals surface area contributed by atoms with Crippen molar-refractivity contribution in [2.45, 2.75) is 35.4 Å². The van der Waals surface area contributed by atoms with Crippen molar-refractivity contribution in [1.29, 1.82) is 0 Å². The molecule has 0 saturated carbocycles. The number of rotatable bonds is 11. The fourth-order valence-corrected chi connectivity index (χ4v) is 8.08. The molecule has 10 heteroatoms. The van der Waals surface area contributed by atoms with Gasteiger partial charge in [-0.2, -0.15) is 0 Å². The van der Waals surface area contributed by atoms with E-state index in [0.717, 1.165) is 26.6 Å². The largest absolute Gasteiger partial charge is 0.448 e. The van der Waals surface area contributed by atoms with Crippen molar-refractivity contribution in [2.24, 2.45) is 0 Å². The predicted octanol–water partition coefficient (Wildman–Crippen LogP) is 5.85. The first kappa shape index (κ1) is 29.2. The van der Waals surface area contributed by atoms with Crippen LogP contribution in [0.3, 0.4) is 0 Å². The number of β-lactam (4-membered cyclic amide) rings is 1. The van der Waals surface area contributed by atoms with Gasteiger partial charge < -0.3 is 10.1 Å². The molecule has 2 aromatic heterocycles. The average molecular weight is 628 g/mol. The lowest BCUT2D eigenvalue weighted by molar-refractivity contribution is -0.154. The van der Waals surface area contributed by atoms with E-state index in [-0.39, 0.29) is 29.3 Å². The summed E-state index contributed by atoms with van der Waals surface area (Å²) in [4.78, 5) is 47.2. The number of fused-ring (bicyclic) bond motifs is 1. The minimum Gasteiger partial charge on any atom is -0.448 e. The van der Waals surface area contributed by atoms with Gasteiger partial charge in [0.25, 0.3) is 5.91 Å². The second kappa shape index (κ2) is 13.6. The van der Waals surface area contributed by atoms with Crippen molar-refractivity contribution < 1.29 is 19.1 Å². The van der Waals surface area contributed by atoms with E-state index in [9.17, 15) is 14.4 Å². The highest BCUT2D eigenvalue weighted by molar-refractivity contribution is 8.00. The molecule has 2 atom stereocenters. The Morgan fingerprint density at radius 3 is 2.35 bits per heavy atom.